The maximum absolute atomic E-state index is 11.1. The highest BCUT2D eigenvalue weighted by Crippen LogP contribution is 2.13. The van der Waals surface area contributed by atoms with Crippen molar-refractivity contribution in [2.24, 2.45) is 10.9 Å². The summed E-state index contributed by atoms with van der Waals surface area (Å²) in [7, 11) is 1.32. The molecule has 0 radical (unpaired) electrons. The third-order valence-electron chi connectivity index (χ3n) is 1.95. The first-order valence-corrected chi connectivity index (χ1v) is 4.75. The van der Waals surface area contributed by atoms with Crippen LogP contribution in [0.1, 0.15) is 12.5 Å². The molecule has 0 spiro atoms. The average molecular weight is 222 g/mol. The van der Waals surface area contributed by atoms with E-state index in [0.29, 0.717) is 5.75 Å². The van der Waals surface area contributed by atoms with E-state index >= 15 is 0 Å². The fourth-order valence-corrected chi connectivity index (χ4v) is 1.14. The van der Waals surface area contributed by atoms with E-state index in [2.05, 4.69) is 9.84 Å². The van der Waals surface area contributed by atoms with Gasteiger partial charge in [0.25, 0.3) is 0 Å². The zero-order valence-corrected chi connectivity index (χ0v) is 9.21. The predicted octanol–water partition coefficient (Wildman–Crippen LogP) is 0.919. The van der Waals surface area contributed by atoms with E-state index in [1.54, 1.807) is 31.2 Å². The van der Waals surface area contributed by atoms with Crippen LogP contribution in [-0.4, -0.2) is 25.4 Å². The molecule has 1 aromatic rings. The van der Waals surface area contributed by atoms with Gasteiger partial charge in [-0.2, -0.15) is 5.10 Å². The molecule has 2 N–H and O–H groups in total. The Morgan fingerprint density at radius 3 is 2.56 bits per heavy atom. The summed E-state index contributed by atoms with van der Waals surface area (Å²) in [6, 6.07) is 7.04. The summed E-state index contributed by atoms with van der Waals surface area (Å²) < 4.78 is 9.89. The van der Waals surface area contributed by atoms with Gasteiger partial charge in [-0.3, -0.25) is 0 Å². The molecule has 0 saturated carbocycles. The lowest BCUT2D eigenvalue weighted by Crippen LogP contribution is -2.24. The molecule has 1 atom stereocenters. The number of hydrogen-bond acceptors (Lipinski definition) is 5. The van der Waals surface area contributed by atoms with Crippen molar-refractivity contribution in [2.75, 3.05) is 7.11 Å². The fourth-order valence-electron chi connectivity index (χ4n) is 1.14. The van der Waals surface area contributed by atoms with Crippen molar-refractivity contribution in [1.29, 1.82) is 0 Å². The van der Waals surface area contributed by atoms with E-state index in [1.165, 1.54) is 13.3 Å². The maximum Gasteiger partial charge on any atom is 0.346 e. The molecule has 0 aliphatic carbocycles. The van der Waals surface area contributed by atoms with Crippen molar-refractivity contribution in [3.63, 3.8) is 0 Å². The number of carbonyl (C=O) groups is 1. The van der Waals surface area contributed by atoms with Gasteiger partial charge >= 0.3 is 5.97 Å². The molecule has 0 saturated heterocycles. The van der Waals surface area contributed by atoms with Crippen molar-refractivity contribution in [3.8, 4) is 5.75 Å². The van der Waals surface area contributed by atoms with Crippen LogP contribution < -0.4 is 10.6 Å². The molecule has 5 heteroatoms. The molecule has 0 fully saturated rings. The maximum atomic E-state index is 11.1. The van der Waals surface area contributed by atoms with Crippen molar-refractivity contribution in [1.82, 2.24) is 0 Å². The Labute approximate surface area is 93.9 Å². The number of carbonyl (C=O) groups excluding carboxylic acids is 1. The highest BCUT2D eigenvalue weighted by Gasteiger charge is 2.14. The molecular weight excluding hydrogens is 208 g/mol. The lowest BCUT2D eigenvalue weighted by atomic mass is 10.2. The third-order valence-corrected chi connectivity index (χ3v) is 1.95. The topological polar surface area (TPSA) is 73.9 Å². The van der Waals surface area contributed by atoms with E-state index < -0.39 is 12.1 Å². The minimum atomic E-state index is -0.626. The monoisotopic (exact) mass is 222 g/mol. The fraction of sp³-hybridized carbons (Fsp3) is 0.273. The zero-order chi connectivity index (χ0) is 12.0. The molecular formula is C11H14N2O3. The SMILES string of the molecule is COC(=O)C(C)Oc1ccc(C=NN)cc1. The summed E-state index contributed by atoms with van der Waals surface area (Å²) in [5, 5.41) is 3.40. The van der Waals surface area contributed by atoms with Gasteiger partial charge < -0.3 is 15.3 Å². The van der Waals surface area contributed by atoms with Crippen LogP contribution in [0.25, 0.3) is 0 Å². The Hall–Kier alpha value is -2.04. The van der Waals surface area contributed by atoms with E-state index in [1.807, 2.05) is 0 Å². The molecule has 86 valence electrons. The van der Waals surface area contributed by atoms with Crippen LogP contribution in [0.15, 0.2) is 29.4 Å². The Morgan fingerprint density at radius 1 is 1.44 bits per heavy atom. The minimum absolute atomic E-state index is 0.410. The van der Waals surface area contributed by atoms with Gasteiger partial charge in [0.15, 0.2) is 6.10 Å². The lowest BCUT2D eigenvalue weighted by Gasteiger charge is -2.12. The summed E-state index contributed by atoms with van der Waals surface area (Å²) >= 11 is 0. The second-order valence-corrected chi connectivity index (χ2v) is 3.13. The molecule has 1 aromatic carbocycles. The number of nitrogens with zero attached hydrogens (tertiary/aromatic N) is 1. The van der Waals surface area contributed by atoms with Crippen molar-refractivity contribution < 1.29 is 14.3 Å². The lowest BCUT2D eigenvalue weighted by molar-refractivity contribution is -0.147. The Balaban J connectivity index is 2.65. The van der Waals surface area contributed by atoms with Gasteiger partial charge in [0.05, 0.1) is 13.3 Å². The van der Waals surface area contributed by atoms with E-state index in [0.717, 1.165) is 5.56 Å². The third kappa shape index (κ3) is 3.27. The molecule has 0 aromatic heterocycles. The zero-order valence-electron chi connectivity index (χ0n) is 9.21. The van der Waals surface area contributed by atoms with Gasteiger partial charge in [-0.15, -0.1) is 0 Å². The number of hydrogen-bond donors (Lipinski definition) is 1. The van der Waals surface area contributed by atoms with Gasteiger partial charge in [0, 0.05) is 0 Å². The van der Waals surface area contributed by atoms with Crippen LogP contribution >= 0.6 is 0 Å². The normalized spacial score (nSPS) is 12.4. The van der Waals surface area contributed by atoms with Gasteiger partial charge in [-0.1, -0.05) is 0 Å². The smallest absolute Gasteiger partial charge is 0.346 e. The van der Waals surface area contributed by atoms with Gasteiger partial charge in [-0.25, -0.2) is 4.79 Å². The van der Waals surface area contributed by atoms with Crippen molar-refractivity contribution >= 4 is 12.2 Å². The molecule has 0 aliphatic rings. The first-order valence-electron chi connectivity index (χ1n) is 4.75. The molecule has 0 amide bonds. The number of methoxy groups -OCH3 is 1. The van der Waals surface area contributed by atoms with Crippen LogP contribution in [-0.2, 0) is 9.53 Å². The van der Waals surface area contributed by atoms with Gasteiger partial charge in [0.1, 0.15) is 5.75 Å². The standard InChI is InChI=1S/C11H14N2O3/c1-8(11(14)15-2)16-10-5-3-9(4-6-10)7-13-12/h3-8H,12H2,1-2H3. The van der Waals surface area contributed by atoms with Crippen LogP contribution in [0.3, 0.4) is 0 Å². The Morgan fingerprint density at radius 2 is 2.06 bits per heavy atom. The minimum Gasteiger partial charge on any atom is -0.479 e. The first-order chi connectivity index (χ1) is 7.67. The molecule has 0 aliphatic heterocycles. The average Bonchev–Trinajstić information content (AvgIpc) is 2.31. The molecule has 0 bridgehead atoms. The number of rotatable bonds is 4. The largest absolute Gasteiger partial charge is 0.479 e. The summed E-state index contributed by atoms with van der Waals surface area (Å²) in [5.41, 5.74) is 0.862. The van der Waals surface area contributed by atoms with Gasteiger partial charge in [0.2, 0.25) is 0 Å². The highest BCUT2D eigenvalue weighted by atomic mass is 16.6. The number of nitrogens with two attached hydrogens (primary N) is 1. The van der Waals surface area contributed by atoms with Crippen molar-refractivity contribution in [3.05, 3.63) is 29.8 Å². The molecule has 0 heterocycles. The molecule has 1 rings (SSSR count). The van der Waals surface area contributed by atoms with E-state index in [4.69, 9.17) is 10.6 Å². The molecule has 5 nitrogen and oxygen atoms in total. The van der Waals surface area contributed by atoms with Crippen LogP contribution in [0.5, 0.6) is 5.75 Å². The summed E-state index contributed by atoms with van der Waals surface area (Å²) in [6.45, 7) is 1.63. The Bertz CT molecular complexity index is 373. The van der Waals surface area contributed by atoms with Crippen LogP contribution in [0.4, 0.5) is 0 Å². The second-order valence-electron chi connectivity index (χ2n) is 3.13. The van der Waals surface area contributed by atoms with Crippen LogP contribution in [0.2, 0.25) is 0 Å². The summed E-state index contributed by atoms with van der Waals surface area (Å²) in [5.74, 6) is 5.19. The number of benzene rings is 1. The molecule has 16 heavy (non-hydrogen) atoms. The van der Waals surface area contributed by atoms with Gasteiger partial charge in [-0.05, 0) is 36.8 Å². The second kappa shape index (κ2) is 5.75. The first kappa shape index (κ1) is 12.0. The summed E-state index contributed by atoms with van der Waals surface area (Å²) in [4.78, 5) is 11.1. The Kier molecular flexibility index (Phi) is 4.32. The predicted molar refractivity (Wildman–Crippen MR) is 60.3 cm³/mol. The van der Waals surface area contributed by atoms with Crippen LogP contribution in [0, 0.1) is 0 Å². The molecule has 1 unspecified atom stereocenters. The number of ether oxygens (including phenoxy) is 2. The highest BCUT2D eigenvalue weighted by molar-refractivity contribution is 5.79. The number of esters is 1. The van der Waals surface area contributed by atoms with Crippen molar-refractivity contribution in [2.45, 2.75) is 13.0 Å². The quantitative estimate of drug-likeness (QED) is 0.356. The van der Waals surface area contributed by atoms with E-state index in [9.17, 15) is 4.79 Å². The number of hydrazone groups is 1. The summed E-state index contributed by atoms with van der Waals surface area (Å²) in [6.07, 6.45) is 0.895. The van der Waals surface area contributed by atoms with E-state index in [-0.39, 0.29) is 0 Å².